The first-order valence-corrected chi connectivity index (χ1v) is 9.34. The molecule has 0 aliphatic rings. The van der Waals surface area contributed by atoms with Crippen LogP contribution in [0.4, 0.5) is 0 Å². The van der Waals surface area contributed by atoms with Crippen molar-refractivity contribution in [1.29, 1.82) is 0 Å². The normalized spacial score (nSPS) is 10.0. The van der Waals surface area contributed by atoms with Crippen molar-refractivity contribution >= 4 is 17.6 Å². The maximum absolute atomic E-state index is 10.9. The van der Waals surface area contributed by atoms with Crippen molar-refractivity contribution in [2.45, 2.75) is 13.3 Å². The highest BCUT2D eigenvalue weighted by molar-refractivity contribution is 6.30. The van der Waals surface area contributed by atoms with E-state index in [2.05, 4.69) is 11.8 Å². The number of ether oxygens (including phenoxy) is 2. The fraction of sp³-hybridized carbons (Fsp3) is 0.125. The highest BCUT2D eigenvalue weighted by Gasteiger charge is 2.08. The summed E-state index contributed by atoms with van der Waals surface area (Å²) in [7, 11) is 0. The predicted octanol–water partition coefficient (Wildman–Crippen LogP) is 5.50. The Morgan fingerprint density at radius 2 is 1.83 bits per heavy atom. The molecule has 0 radical (unpaired) electrons. The van der Waals surface area contributed by atoms with Gasteiger partial charge in [0.25, 0.3) is 0 Å². The number of carboxylic acid groups (broad SMARTS) is 1. The third-order valence-electron chi connectivity index (χ3n) is 3.96. The summed E-state index contributed by atoms with van der Waals surface area (Å²) < 4.78 is 11.7. The molecule has 0 atom stereocenters. The molecule has 3 rings (SSSR count). The average Bonchev–Trinajstić information content (AvgIpc) is 2.68. The molecule has 3 aromatic rings. The molecule has 0 aliphatic heterocycles. The van der Waals surface area contributed by atoms with Crippen LogP contribution in [-0.4, -0.2) is 17.7 Å². The molecular formula is C24H19ClO4. The molecule has 4 nitrogen and oxygen atoms in total. The van der Waals surface area contributed by atoms with Gasteiger partial charge in [-0.2, -0.15) is 0 Å². The molecule has 1 N–H and O–H groups in total. The monoisotopic (exact) mass is 406 g/mol. The van der Waals surface area contributed by atoms with E-state index in [4.69, 9.17) is 26.2 Å². The van der Waals surface area contributed by atoms with Gasteiger partial charge in [-0.05, 0) is 66.6 Å². The van der Waals surface area contributed by atoms with Crippen LogP contribution in [0.25, 0.3) is 0 Å². The van der Waals surface area contributed by atoms with Crippen LogP contribution < -0.4 is 9.47 Å². The highest BCUT2D eigenvalue weighted by Crippen LogP contribution is 2.32. The number of aryl methyl sites for hydroxylation is 1. The summed E-state index contributed by atoms with van der Waals surface area (Å²) in [6.45, 7) is 2.16. The summed E-state index contributed by atoms with van der Waals surface area (Å²) >= 11 is 5.87. The Morgan fingerprint density at radius 1 is 1.03 bits per heavy atom. The Balaban J connectivity index is 1.71. The fourth-order valence-corrected chi connectivity index (χ4v) is 2.74. The first-order valence-electron chi connectivity index (χ1n) is 8.96. The molecule has 5 heteroatoms. The topological polar surface area (TPSA) is 55.8 Å². The van der Waals surface area contributed by atoms with Gasteiger partial charge in [0.15, 0.2) is 11.5 Å². The standard InChI is InChI=1S/C24H19ClO4/c1-17-7-12-22(29-21-6-2-4-19(15-21)16-24(26)27)23(14-17)28-13-3-5-18-8-10-20(25)11-9-18/h2,4,6-12,14-15H,13,16H2,1H3,(H,26,27). The summed E-state index contributed by atoms with van der Waals surface area (Å²) in [5.74, 6) is 6.76. The van der Waals surface area contributed by atoms with Crippen LogP contribution in [0.15, 0.2) is 66.7 Å². The lowest BCUT2D eigenvalue weighted by Crippen LogP contribution is -2.00. The maximum Gasteiger partial charge on any atom is 0.307 e. The van der Waals surface area contributed by atoms with Crippen molar-refractivity contribution in [3.05, 3.63) is 88.4 Å². The molecule has 3 aromatic carbocycles. The molecule has 0 unspecified atom stereocenters. The van der Waals surface area contributed by atoms with E-state index in [9.17, 15) is 4.79 Å². The van der Waals surface area contributed by atoms with Crippen LogP contribution >= 0.6 is 11.6 Å². The first-order chi connectivity index (χ1) is 14.0. The zero-order chi connectivity index (χ0) is 20.6. The minimum absolute atomic E-state index is 0.0608. The molecule has 0 bridgehead atoms. The number of carbonyl (C=O) groups is 1. The van der Waals surface area contributed by atoms with E-state index in [1.54, 1.807) is 36.4 Å². The van der Waals surface area contributed by atoms with Crippen LogP contribution in [-0.2, 0) is 11.2 Å². The second-order valence-corrected chi connectivity index (χ2v) is 6.80. The zero-order valence-corrected chi connectivity index (χ0v) is 16.6. The largest absolute Gasteiger partial charge is 0.481 e. The fourth-order valence-electron chi connectivity index (χ4n) is 2.62. The van der Waals surface area contributed by atoms with Crippen molar-refractivity contribution in [2.24, 2.45) is 0 Å². The quantitative estimate of drug-likeness (QED) is 0.549. The number of carboxylic acids is 1. The smallest absolute Gasteiger partial charge is 0.307 e. The van der Waals surface area contributed by atoms with E-state index in [-0.39, 0.29) is 13.0 Å². The number of aliphatic carboxylic acids is 1. The van der Waals surface area contributed by atoms with Gasteiger partial charge in [-0.25, -0.2) is 0 Å². The Hall–Kier alpha value is -3.42. The molecular weight excluding hydrogens is 388 g/mol. The van der Waals surface area contributed by atoms with E-state index in [0.29, 0.717) is 27.8 Å². The minimum Gasteiger partial charge on any atom is -0.481 e. The second kappa shape index (κ2) is 9.68. The van der Waals surface area contributed by atoms with Crippen LogP contribution in [0, 0.1) is 18.8 Å². The SMILES string of the molecule is Cc1ccc(Oc2cccc(CC(=O)O)c2)c(OCC#Cc2ccc(Cl)cc2)c1. The second-order valence-electron chi connectivity index (χ2n) is 6.37. The van der Waals surface area contributed by atoms with E-state index in [1.165, 1.54) is 0 Å². The Kier molecular flexibility index (Phi) is 6.78. The number of halogens is 1. The Bertz CT molecular complexity index is 1060. The summed E-state index contributed by atoms with van der Waals surface area (Å²) in [6, 6.07) is 19.9. The molecule has 0 aromatic heterocycles. The summed E-state index contributed by atoms with van der Waals surface area (Å²) in [6.07, 6.45) is -0.0608. The van der Waals surface area contributed by atoms with Crippen LogP contribution in [0.1, 0.15) is 16.7 Å². The van der Waals surface area contributed by atoms with Crippen molar-refractivity contribution < 1.29 is 19.4 Å². The molecule has 0 aliphatic carbocycles. The molecule has 0 spiro atoms. The number of hydrogen-bond acceptors (Lipinski definition) is 3. The molecule has 0 saturated heterocycles. The number of hydrogen-bond donors (Lipinski definition) is 1. The Morgan fingerprint density at radius 3 is 2.59 bits per heavy atom. The highest BCUT2D eigenvalue weighted by atomic mass is 35.5. The van der Waals surface area contributed by atoms with Gasteiger partial charge in [0.1, 0.15) is 12.4 Å². The van der Waals surface area contributed by atoms with Crippen molar-refractivity contribution in [3.63, 3.8) is 0 Å². The van der Waals surface area contributed by atoms with Gasteiger partial charge in [-0.15, -0.1) is 0 Å². The molecule has 29 heavy (non-hydrogen) atoms. The van der Waals surface area contributed by atoms with Gasteiger partial charge in [-0.3, -0.25) is 4.79 Å². The third-order valence-corrected chi connectivity index (χ3v) is 4.21. The molecule has 0 heterocycles. The molecule has 0 fully saturated rings. The van der Waals surface area contributed by atoms with Crippen LogP contribution in [0.5, 0.6) is 17.2 Å². The Labute approximate surface area is 174 Å². The zero-order valence-electron chi connectivity index (χ0n) is 15.8. The van der Waals surface area contributed by atoms with Gasteiger partial charge in [0.2, 0.25) is 0 Å². The van der Waals surface area contributed by atoms with E-state index >= 15 is 0 Å². The summed E-state index contributed by atoms with van der Waals surface area (Å²) in [5, 5.41) is 9.63. The van der Waals surface area contributed by atoms with Crippen molar-refractivity contribution in [3.8, 4) is 29.1 Å². The lowest BCUT2D eigenvalue weighted by molar-refractivity contribution is -0.136. The van der Waals surface area contributed by atoms with Gasteiger partial charge in [0.05, 0.1) is 6.42 Å². The minimum atomic E-state index is -0.888. The van der Waals surface area contributed by atoms with Gasteiger partial charge in [0, 0.05) is 10.6 Å². The third kappa shape index (κ3) is 6.31. The summed E-state index contributed by atoms with van der Waals surface area (Å²) in [4.78, 5) is 10.9. The van der Waals surface area contributed by atoms with Crippen molar-refractivity contribution in [1.82, 2.24) is 0 Å². The molecule has 0 saturated carbocycles. The maximum atomic E-state index is 10.9. The lowest BCUT2D eigenvalue weighted by Gasteiger charge is -2.12. The molecule has 0 amide bonds. The van der Waals surface area contributed by atoms with E-state index in [0.717, 1.165) is 11.1 Å². The number of benzene rings is 3. The van der Waals surface area contributed by atoms with Gasteiger partial charge >= 0.3 is 5.97 Å². The van der Waals surface area contributed by atoms with Crippen LogP contribution in [0.2, 0.25) is 5.02 Å². The number of rotatable bonds is 6. The van der Waals surface area contributed by atoms with Gasteiger partial charge in [-0.1, -0.05) is 41.6 Å². The van der Waals surface area contributed by atoms with E-state index < -0.39 is 5.97 Å². The summed E-state index contributed by atoms with van der Waals surface area (Å²) in [5.41, 5.74) is 2.55. The average molecular weight is 407 g/mol. The van der Waals surface area contributed by atoms with E-state index in [1.807, 2.05) is 37.3 Å². The predicted molar refractivity (Wildman–Crippen MR) is 113 cm³/mol. The first kappa shape index (κ1) is 20.3. The van der Waals surface area contributed by atoms with Gasteiger partial charge < -0.3 is 14.6 Å². The lowest BCUT2D eigenvalue weighted by atomic mass is 10.1. The van der Waals surface area contributed by atoms with Crippen molar-refractivity contribution in [2.75, 3.05) is 6.61 Å². The van der Waals surface area contributed by atoms with Crippen LogP contribution in [0.3, 0.4) is 0 Å². The molecule has 146 valence electrons.